The molecule has 2 aliphatic heterocycles. The third kappa shape index (κ3) is 3.85. The molecule has 0 aliphatic carbocycles. The number of rotatable bonds is 4. The molecule has 114 valence electrons. The van der Waals surface area contributed by atoms with Crippen molar-refractivity contribution in [3.05, 3.63) is 0 Å². The molecule has 2 saturated heterocycles. The minimum absolute atomic E-state index is 0.112. The Morgan fingerprint density at radius 1 is 1.10 bits per heavy atom. The van der Waals surface area contributed by atoms with Crippen molar-refractivity contribution < 1.29 is 14.7 Å². The highest BCUT2D eigenvalue weighted by Crippen LogP contribution is 2.24. The number of likely N-dealkylation sites (tertiary alicyclic amines) is 2. The Morgan fingerprint density at radius 3 is 2.45 bits per heavy atom. The van der Waals surface area contributed by atoms with E-state index in [0.29, 0.717) is 31.3 Å². The van der Waals surface area contributed by atoms with Crippen LogP contribution in [0.5, 0.6) is 0 Å². The van der Waals surface area contributed by atoms with E-state index in [1.807, 2.05) is 9.80 Å². The highest BCUT2D eigenvalue weighted by atomic mass is 16.4. The van der Waals surface area contributed by atoms with Gasteiger partial charge in [-0.2, -0.15) is 0 Å². The van der Waals surface area contributed by atoms with Crippen molar-refractivity contribution in [3.8, 4) is 0 Å². The maximum Gasteiger partial charge on any atom is 0.320 e. The summed E-state index contributed by atoms with van der Waals surface area (Å²) in [6, 6.07) is 0.112. The summed E-state index contributed by atoms with van der Waals surface area (Å²) < 4.78 is 0. The van der Waals surface area contributed by atoms with Crippen LogP contribution in [0.4, 0.5) is 4.79 Å². The van der Waals surface area contributed by atoms with Crippen LogP contribution in [0.15, 0.2) is 0 Å². The number of hydrogen-bond acceptors (Lipinski definition) is 3. The van der Waals surface area contributed by atoms with Gasteiger partial charge in [0.2, 0.25) is 0 Å². The summed E-state index contributed by atoms with van der Waals surface area (Å²) in [5, 5.41) is 8.75. The zero-order chi connectivity index (χ0) is 14.5. The lowest BCUT2D eigenvalue weighted by molar-refractivity contribution is -0.137. The number of piperidine rings is 1. The molecule has 0 bridgehead atoms. The van der Waals surface area contributed by atoms with E-state index in [0.717, 1.165) is 38.9 Å². The van der Waals surface area contributed by atoms with Gasteiger partial charge in [-0.15, -0.1) is 0 Å². The SMILES string of the molecule is NCC1CCN(C(=O)N2CCCC(CCC(=O)O)C2)C1. The molecule has 6 nitrogen and oxygen atoms in total. The summed E-state index contributed by atoms with van der Waals surface area (Å²) in [5.41, 5.74) is 5.66. The van der Waals surface area contributed by atoms with Crippen molar-refractivity contribution in [1.29, 1.82) is 0 Å². The summed E-state index contributed by atoms with van der Waals surface area (Å²) in [5.74, 6) is 0.0158. The van der Waals surface area contributed by atoms with E-state index in [2.05, 4.69) is 0 Å². The average molecular weight is 283 g/mol. The van der Waals surface area contributed by atoms with E-state index in [-0.39, 0.29) is 12.5 Å². The second kappa shape index (κ2) is 6.92. The van der Waals surface area contributed by atoms with Gasteiger partial charge in [0.15, 0.2) is 0 Å². The van der Waals surface area contributed by atoms with E-state index in [9.17, 15) is 9.59 Å². The van der Waals surface area contributed by atoms with Crippen molar-refractivity contribution in [2.24, 2.45) is 17.6 Å². The molecule has 20 heavy (non-hydrogen) atoms. The molecule has 2 rings (SSSR count). The van der Waals surface area contributed by atoms with Gasteiger partial charge in [-0.1, -0.05) is 0 Å². The Bertz CT molecular complexity index is 362. The zero-order valence-electron chi connectivity index (χ0n) is 12.0. The minimum atomic E-state index is -0.751. The first kappa shape index (κ1) is 15.1. The third-order valence-electron chi connectivity index (χ3n) is 4.45. The van der Waals surface area contributed by atoms with Crippen LogP contribution in [0.3, 0.4) is 0 Å². The summed E-state index contributed by atoms with van der Waals surface area (Å²) in [7, 11) is 0. The summed E-state index contributed by atoms with van der Waals surface area (Å²) in [4.78, 5) is 26.9. The third-order valence-corrected chi connectivity index (χ3v) is 4.45. The normalized spacial score (nSPS) is 26.9. The largest absolute Gasteiger partial charge is 0.481 e. The van der Waals surface area contributed by atoms with Crippen LogP contribution < -0.4 is 5.73 Å². The van der Waals surface area contributed by atoms with Gasteiger partial charge in [-0.05, 0) is 44.1 Å². The molecule has 6 heteroatoms. The number of nitrogens with zero attached hydrogens (tertiary/aromatic N) is 2. The Kier molecular flexibility index (Phi) is 5.23. The molecule has 0 radical (unpaired) electrons. The fourth-order valence-corrected chi connectivity index (χ4v) is 3.20. The summed E-state index contributed by atoms with van der Waals surface area (Å²) in [6.45, 7) is 3.72. The maximum atomic E-state index is 12.4. The first-order valence-corrected chi connectivity index (χ1v) is 7.56. The predicted molar refractivity (Wildman–Crippen MR) is 75.3 cm³/mol. The Morgan fingerprint density at radius 2 is 1.80 bits per heavy atom. The number of aliphatic carboxylic acids is 1. The van der Waals surface area contributed by atoms with Crippen molar-refractivity contribution >= 4 is 12.0 Å². The standard InChI is InChI=1S/C14H25N3O3/c15-8-12-5-7-17(10-12)14(20)16-6-1-2-11(9-16)3-4-13(18)19/h11-12H,1-10,15H2,(H,18,19). The van der Waals surface area contributed by atoms with Crippen LogP contribution in [0.1, 0.15) is 32.1 Å². The minimum Gasteiger partial charge on any atom is -0.481 e. The van der Waals surface area contributed by atoms with E-state index < -0.39 is 5.97 Å². The van der Waals surface area contributed by atoms with Gasteiger partial charge in [0, 0.05) is 32.6 Å². The molecular formula is C14H25N3O3. The summed E-state index contributed by atoms with van der Waals surface area (Å²) >= 11 is 0. The van der Waals surface area contributed by atoms with Crippen LogP contribution in [-0.2, 0) is 4.79 Å². The number of carbonyl (C=O) groups is 2. The van der Waals surface area contributed by atoms with Crippen molar-refractivity contribution in [1.82, 2.24) is 9.80 Å². The molecule has 0 aromatic heterocycles. The predicted octanol–water partition coefficient (Wildman–Crippen LogP) is 0.964. The number of carbonyl (C=O) groups excluding carboxylic acids is 1. The maximum absolute atomic E-state index is 12.4. The van der Waals surface area contributed by atoms with Crippen LogP contribution >= 0.6 is 0 Å². The van der Waals surface area contributed by atoms with Crippen molar-refractivity contribution in [3.63, 3.8) is 0 Å². The molecule has 2 amide bonds. The lowest BCUT2D eigenvalue weighted by Crippen LogP contribution is -2.47. The molecule has 2 unspecified atom stereocenters. The highest BCUT2D eigenvalue weighted by Gasteiger charge is 2.31. The number of carboxylic acids is 1. The van der Waals surface area contributed by atoms with Gasteiger partial charge in [0.1, 0.15) is 0 Å². The average Bonchev–Trinajstić information content (AvgIpc) is 2.93. The quantitative estimate of drug-likeness (QED) is 0.804. The van der Waals surface area contributed by atoms with E-state index >= 15 is 0 Å². The molecular weight excluding hydrogens is 258 g/mol. The molecule has 0 saturated carbocycles. The Labute approximate surface area is 119 Å². The molecule has 0 aromatic carbocycles. The zero-order valence-corrected chi connectivity index (χ0v) is 12.0. The van der Waals surface area contributed by atoms with E-state index in [1.54, 1.807) is 0 Å². The fourth-order valence-electron chi connectivity index (χ4n) is 3.20. The highest BCUT2D eigenvalue weighted by molar-refractivity contribution is 5.75. The van der Waals surface area contributed by atoms with Crippen LogP contribution in [0.25, 0.3) is 0 Å². The van der Waals surface area contributed by atoms with Crippen molar-refractivity contribution in [2.75, 3.05) is 32.7 Å². The molecule has 2 fully saturated rings. The topological polar surface area (TPSA) is 86.9 Å². The Hall–Kier alpha value is -1.30. The van der Waals surface area contributed by atoms with Crippen molar-refractivity contribution in [2.45, 2.75) is 32.1 Å². The molecule has 0 aromatic rings. The fraction of sp³-hybridized carbons (Fsp3) is 0.857. The van der Waals surface area contributed by atoms with Gasteiger partial charge in [-0.3, -0.25) is 4.79 Å². The number of urea groups is 1. The van der Waals surface area contributed by atoms with E-state index in [4.69, 9.17) is 10.8 Å². The van der Waals surface area contributed by atoms with Gasteiger partial charge in [0.05, 0.1) is 0 Å². The second-order valence-electron chi connectivity index (χ2n) is 6.01. The lowest BCUT2D eigenvalue weighted by Gasteiger charge is -2.35. The summed E-state index contributed by atoms with van der Waals surface area (Å²) in [6.07, 6.45) is 3.88. The molecule has 3 N–H and O–H groups in total. The monoisotopic (exact) mass is 283 g/mol. The number of amides is 2. The van der Waals surface area contributed by atoms with Gasteiger partial charge < -0.3 is 20.6 Å². The second-order valence-corrected chi connectivity index (χ2v) is 6.01. The van der Waals surface area contributed by atoms with Crippen LogP contribution in [0, 0.1) is 11.8 Å². The molecule has 2 heterocycles. The molecule has 2 aliphatic rings. The lowest BCUT2D eigenvalue weighted by atomic mass is 9.93. The van der Waals surface area contributed by atoms with Crippen LogP contribution in [0.2, 0.25) is 0 Å². The molecule has 0 spiro atoms. The molecule has 2 atom stereocenters. The first-order chi connectivity index (χ1) is 9.60. The van der Waals surface area contributed by atoms with Gasteiger partial charge >= 0.3 is 12.0 Å². The number of carboxylic acid groups (broad SMARTS) is 1. The number of hydrogen-bond donors (Lipinski definition) is 2. The smallest absolute Gasteiger partial charge is 0.320 e. The Balaban J connectivity index is 1.82. The first-order valence-electron chi connectivity index (χ1n) is 7.56. The number of nitrogens with two attached hydrogens (primary N) is 1. The van der Waals surface area contributed by atoms with Gasteiger partial charge in [-0.25, -0.2) is 4.79 Å². The van der Waals surface area contributed by atoms with Gasteiger partial charge in [0.25, 0.3) is 0 Å². The van der Waals surface area contributed by atoms with E-state index in [1.165, 1.54) is 0 Å². The van der Waals surface area contributed by atoms with Crippen LogP contribution in [-0.4, -0.2) is 59.6 Å².